The molecule has 1 N–H and O–H groups in total. The summed E-state index contributed by atoms with van der Waals surface area (Å²) in [7, 11) is 0. The highest BCUT2D eigenvalue weighted by atomic mass is 15.0. The minimum absolute atomic E-state index is 0.153. The number of rotatable bonds is 6. The van der Waals surface area contributed by atoms with Gasteiger partial charge in [-0.05, 0) is 50.2 Å². The molecule has 0 aromatic heterocycles. The van der Waals surface area contributed by atoms with Crippen LogP contribution in [0.3, 0.4) is 0 Å². The molecule has 1 rings (SSSR count). The largest absolute Gasteiger partial charge is 0.305 e. The highest BCUT2D eigenvalue weighted by Crippen LogP contribution is 2.29. The van der Waals surface area contributed by atoms with Gasteiger partial charge in [-0.25, -0.2) is 0 Å². The Morgan fingerprint density at radius 2 is 1.55 bits per heavy atom. The number of nitrogens with one attached hydrogen (secondary N) is 1. The first-order chi connectivity index (χ1) is 9.13. The summed E-state index contributed by atoms with van der Waals surface area (Å²) in [6.45, 7) is 16.0. The molecule has 0 heterocycles. The average Bonchev–Trinajstić information content (AvgIpc) is 2.26. The summed E-state index contributed by atoms with van der Waals surface area (Å²) in [5, 5.41) is 3.78. The van der Waals surface area contributed by atoms with Crippen molar-refractivity contribution in [2.24, 2.45) is 5.41 Å². The van der Waals surface area contributed by atoms with E-state index in [1.165, 1.54) is 24.0 Å². The van der Waals surface area contributed by atoms with Crippen LogP contribution in [0.2, 0.25) is 0 Å². The summed E-state index contributed by atoms with van der Waals surface area (Å²) in [4.78, 5) is 0. The monoisotopic (exact) mass is 275 g/mol. The number of benzene rings is 1. The Morgan fingerprint density at radius 3 is 2.00 bits per heavy atom. The fraction of sp³-hybridized carbons (Fsp3) is 0.684. The molecule has 1 atom stereocenters. The minimum Gasteiger partial charge on any atom is -0.305 e. The Kier molecular flexibility index (Phi) is 5.82. The first-order valence-electron chi connectivity index (χ1n) is 7.99. The van der Waals surface area contributed by atoms with Crippen molar-refractivity contribution in [2.75, 3.05) is 0 Å². The highest BCUT2D eigenvalue weighted by molar-refractivity contribution is 5.25. The molecule has 20 heavy (non-hydrogen) atoms. The van der Waals surface area contributed by atoms with E-state index >= 15 is 0 Å². The smallest absolute Gasteiger partial charge is 0.0296 e. The first kappa shape index (κ1) is 17.2. The molecule has 0 aliphatic carbocycles. The first-order valence-corrected chi connectivity index (χ1v) is 7.99. The maximum Gasteiger partial charge on any atom is 0.0296 e. The third-order valence-electron chi connectivity index (χ3n) is 3.60. The summed E-state index contributed by atoms with van der Waals surface area (Å²) >= 11 is 0. The van der Waals surface area contributed by atoms with E-state index in [-0.39, 0.29) is 5.54 Å². The van der Waals surface area contributed by atoms with E-state index in [4.69, 9.17) is 0 Å². The molecule has 114 valence electrons. The van der Waals surface area contributed by atoms with Crippen molar-refractivity contribution >= 4 is 0 Å². The molecule has 1 aromatic carbocycles. The Bertz CT molecular complexity index is 395. The van der Waals surface area contributed by atoms with Crippen LogP contribution in [0, 0.1) is 5.41 Å². The summed E-state index contributed by atoms with van der Waals surface area (Å²) in [6, 6.07) is 9.48. The van der Waals surface area contributed by atoms with Crippen molar-refractivity contribution in [1.82, 2.24) is 5.32 Å². The van der Waals surface area contributed by atoms with Gasteiger partial charge >= 0.3 is 0 Å². The zero-order valence-electron chi connectivity index (χ0n) is 14.5. The van der Waals surface area contributed by atoms with Crippen LogP contribution in [0.5, 0.6) is 0 Å². The molecule has 1 nitrogen and oxygen atoms in total. The molecule has 0 spiro atoms. The average molecular weight is 275 g/mol. The molecular formula is C19H33N. The van der Waals surface area contributed by atoms with E-state index in [1.807, 2.05) is 0 Å². The van der Waals surface area contributed by atoms with Gasteiger partial charge in [0.15, 0.2) is 0 Å². The zero-order valence-corrected chi connectivity index (χ0v) is 14.5. The van der Waals surface area contributed by atoms with Crippen molar-refractivity contribution in [2.45, 2.75) is 79.3 Å². The maximum atomic E-state index is 3.78. The van der Waals surface area contributed by atoms with Crippen molar-refractivity contribution in [3.8, 4) is 0 Å². The van der Waals surface area contributed by atoms with Gasteiger partial charge < -0.3 is 5.32 Å². The van der Waals surface area contributed by atoms with E-state index < -0.39 is 0 Å². The predicted octanol–water partition coefficient (Wildman–Crippen LogP) is 5.50. The maximum absolute atomic E-state index is 3.78. The van der Waals surface area contributed by atoms with E-state index in [9.17, 15) is 0 Å². The van der Waals surface area contributed by atoms with E-state index in [1.54, 1.807) is 0 Å². The summed E-state index contributed by atoms with van der Waals surface area (Å²) < 4.78 is 0. The van der Waals surface area contributed by atoms with Crippen molar-refractivity contribution < 1.29 is 0 Å². The van der Waals surface area contributed by atoms with Crippen molar-refractivity contribution in [3.63, 3.8) is 0 Å². The molecule has 0 amide bonds. The van der Waals surface area contributed by atoms with Crippen LogP contribution < -0.4 is 5.32 Å². The minimum atomic E-state index is 0.153. The molecule has 0 radical (unpaired) electrons. The van der Waals surface area contributed by atoms with Crippen LogP contribution in [0.15, 0.2) is 24.3 Å². The van der Waals surface area contributed by atoms with E-state index in [2.05, 4.69) is 78.0 Å². The van der Waals surface area contributed by atoms with Gasteiger partial charge in [0.05, 0.1) is 0 Å². The van der Waals surface area contributed by atoms with Gasteiger partial charge in [0.1, 0.15) is 0 Å². The SMILES string of the molecule is CCCc1ccc(C(C)NC(C)(C)CC(C)(C)C)cc1. The van der Waals surface area contributed by atoms with Gasteiger partial charge in [-0.15, -0.1) is 0 Å². The number of hydrogen-bond acceptors (Lipinski definition) is 1. The van der Waals surface area contributed by atoms with Crippen LogP contribution in [-0.2, 0) is 6.42 Å². The number of aryl methyl sites for hydroxylation is 1. The van der Waals surface area contributed by atoms with Crippen LogP contribution in [0.1, 0.15) is 78.5 Å². The van der Waals surface area contributed by atoms with Gasteiger partial charge in [0.2, 0.25) is 0 Å². The molecule has 1 unspecified atom stereocenters. The second kappa shape index (κ2) is 6.76. The molecule has 0 saturated carbocycles. The molecule has 1 heteroatoms. The topological polar surface area (TPSA) is 12.0 Å². The van der Waals surface area contributed by atoms with Crippen LogP contribution in [0.25, 0.3) is 0 Å². The lowest BCUT2D eigenvalue weighted by molar-refractivity contribution is 0.227. The van der Waals surface area contributed by atoms with Crippen LogP contribution >= 0.6 is 0 Å². The lowest BCUT2D eigenvalue weighted by Crippen LogP contribution is -2.43. The Morgan fingerprint density at radius 1 is 1.00 bits per heavy atom. The van der Waals surface area contributed by atoms with Crippen molar-refractivity contribution in [3.05, 3.63) is 35.4 Å². The fourth-order valence-electron chi connectivity index (χ4n) is 3.31. The lowest BCUT2D eigenvalue weighted by Gasteiger charge is -2.36. The molecule has 0 bridgehead atoms. The standard InChI is InChI=1S/C19H33N/c1-8-9-16-10-12-17(13-11-16)15(2)20-19(6,7)14-18(3,4)5/h10-13,15,20H,8-9,14H2,1-7H3. The second-order valence-corrected chi connectivity index (χ2v) is 7.98. The third kappa shape index (κ3) is 6.09. The summed E-state index contributed by atoms with van der Waals surface area (Å²) in [5.74, 6) is 0. The summed E-state index contributed by atoms with van der Waals surface area (Å²) in [6.07, 6.45) is 3.56. The van der Waals surface area contributed by atoms with Gasteiger partial charge in [-0.3, -0.25) is 0 Å². The van der Waals surface area contributed by atoms with E-state index in [0.29, 0.717) is 11.5 Å². The van der Waals surface area contributed by atoms with Crippen molar-refractivity contribution in [1.29, 1.82) is 0 Å². The quantitative estimate of drug-likeness (QED) is 0.722. The zero-order chi connectivity index (χ0) is 15.4. The van der Waals surface area contributed by atoms with Gasteiger partial charge in [-0.2, -0.15) is 0 Å². The van der Waals surface area contributed by atoms with Crippen LogP contribution in [0.4, 0.5) is 0 Å². The lowest BCUT2D eigenvalue weighted by atomic mass is 9.81. The molecule has 0 fully saturated rings. The molecule has 1 aromatic rings. The molecular weight excluding hydrogens is 242 g/mol. The predicted molar refractivity (Wildman–Crippen MR) is 90.1 cm³/mol. The molecule has 0 aliphatic rings. The summed E-state index contributed by atoms with van der Waals surface area (Å²) in [5.41, 5.74) is 3.32. The Hall–Kier alpha value is -0.820. The normalized spacial score (nSPS) is 14.3. The Labute approximate surface area is 126 Å². The molecule has 0 saturated heterocycles. The highest BCUT2D eigenvalue weighted by Gasteiger charge is 2.26. The second-order valence-electron chi connectivity index (χ2n) is 7.98. The third-order valence-corrected chi connectivity index (χ3v) is 3.60. The number of hydrogen-bond donors (Lipinski definition) is 1. The van der Waals surface area contributed by atoms with Gasteiger partial charge in [0.25, 0.3) is 0 Å². The van der Waals surface area contributed by atoms with Crippen LogP contribution in [-0.4, -0.2) is 5.54 Å². The van der Waals surface area contributed by atoms with Gasteiger partial charge in [-0.1, -0.05) is 58.4 Å². The van der Waals surface area contributed by atoms with E-state index in [0.717, 1.165) is 6.42 Å². The fourth-order valence-corrected chi connectivity index (χ4v) is 3.31. The molecule has 0 aliphatic heterocycles. The Balaban J connectivity index is 2.67. The van der Waals surface area contributed by atoms with Gasteiger partial charge in [0, 0.05) is 11.6 Å².